The van der Waals surface area contributed by atoms with Crippen LogP contribution in [0.15, 0.2) is 67.0 Å². The number of nitriles is 1. The number of nitrogens with zero attached hydrogens (tertiary/aromatic N) is 5. The van der Waals surface area contributed by atoms with Crippen LogP contribution in [0.2, 0.25) is 0 Å². The van der Waals surface area contributed by atoms with Crippen LogP contribution in [0.5, 0.6) is 0 Å². The Labute approximate surface area is 170 Å². The fourth-order valence-electron chi connectivity index (χ4n) is 3.78. The Morgan fingerprint density at radius 1 is 0.966 bits per heavy atom. The van der Waals surface area contributed by atoms with E-state index in [1.54, 1.807) is 18.5 Å². The maximum absolute atomic E-state index is 11.0. The summed E-state index contributed by atoms with van der Waals surface area (Å²) in [6, 6.07) is 19.7. The molecule has 1 saturated heterocycles. The number of hydrogen-bond donors (Lipinski definition) is 1. The predicted octanol–water partition coefficient (Wildman–Crippen LogP) is 3.10. The van der Waals surface area contributed by atoms with E-state index in [4.69, 9.17) is 0 Å². The third-order valence-electron chi connectivity index (χ3n) is 5.43. The lowest BCUT2D eigenvalue weighted by atomic mass is 9.85. The van der Waals surface area contributed by atoms with Crippen LogP contribution >= 0.6 is 0 Å². The third kappa shape index (κ3) is 4.41. The van der Waals surface area contributed by atoms with Gasteiger partial charge in [-0.3, -0.25) is 4.98 Å². The molecular weight excluding hydrogens is 362 g/mol. The highest BCUT2D eigenvalue weighted by Crippen LogP contribution is 2.29. The van der Waals surface area contributed by atoms with Crippen LogP contribution in [0.4, 0.5) is 5.95 Å². The van der Waals surface area contributed by atoms with E-state index in [1.165, 1.54) is 0 Å². The van der Waals surface area contributed by atoms with Crippen molar-refractivity contribution >= 4 is 5.95 Å². The first-order valence-electron chi connectivity index (χ1n) is 9.82. The predicted molar refractivity (Wildman–Crippen MR) is 110 cm³/mol. The van der Waals surface area contributed by atoms with Crippen LogP contribution in [0.25, 0.3) is 0 Å². The normalized spacial score (nSPS) is 16.8. The van der Waals surface area contributed by atoms with E-state index in [9.17, 15) is 10.4 Å². The van der Waals surface area contributed by atoms with Crippen molar-refractivity contribution < 1.29 is 5.11 Å². The van der Waals surface area contributed by atoms with E-state index < -0.39 is 11.5 Å². The highest BCUT2D eigenvalue weighted by atomic mass is 16.3. The number of benzene rings is 1. The van der Waals surface area contributed by atoms with Gasteiger partial charge in [0.25, 0.3) is 0 Å². The minimum absolute atomic E-state index is 0.530. The Hall–Kier alpha value is -3.30. The molecule has 1 N–H and O–H groups in total. The molecule has 1 unspecified atom stereocenters. The largest absolute Gasteiger partial charge is 0.389 e. The van der Waals surface area contributed by atoms with E-state index in [-0.39, 0.29) is 0 Å². The lowest BCUT2D eigenvalue weighted by Crippen LogP contribution is -2.46. The Bertz CT molecular complexity index is 979. The molecule has 0 bridgehead atoms. The molecule has 0 amide bonds. The molecule has 0 radical (unpaired) electrons. The zero-order valence-electron chi connectivity index (χ0n) is 16.1. The molecule has 1 aliphatic heterocycles. The monoisotopic (exact) mass is 385 g/mol. The Morgan fingerprint density at radius 3 is 2.41 bits per heavy atom. The fourth-order valence-corrected chi connectivity index (χ4v) is 3.78. The molecule has 4 rings (SSSR count). The Kier molecular flexibility index (Phi) is 5.50. The number of aromatic nitrogens is 3. The lowest BCUT2D eigenvalue weighted by Gasteiger charge is -2.38. The maximum Gasteiger partial charge on any atom is 0.225 e. The minimum Gasteiger partial charge on any atom is -0.389 e. The van der Waals surface area contributed by atoms with E-state index in [1.807, 2.05) is 36.4 Å². The average molecular weight is 385 g/mol. The molecule has 3 heterocycles. The van der Waals surface area contributed by atoms with Crippen LogP contribution in [-0.4, -0.2) is 38.7 Å². The van der Waals surface area contributed by atoms with Gasteiger partial charge in [0.2, 0.25) is 5.95 Å². The first-order valence-corrected chi connectivity index (χ1v) is 9.82. The summed E-state index contributed by atoms with van der Waals surface area (Å²) >= 11 is 0. The topological polar surface area (TPSA) is 85.9 Å². The molecule has 1 fully saturated rings. The van der Waals surface area contributed by atoms with E-state index in [0.29, 0.717) is 49.7 Å². The van der Waals surface area contributed by atoms with Crippen molar-refractivity contribution in [3.63, 3.8) is 0 Å². The molecule has 1 atom stereocenters. The zero-order valence-corrected chi connectivity index (χ0v) is 16.1. The minimum atomic E-state index is -0.710. The van der Waals surface area contributed by atoms with Gasteiger partial charge in [-0.15, -0.1) is 0 Å². The molecule has 6 heteroatoms. The molecule has 6 nitrogen and oxygen atoms in total. The van der Waals surface area contributed by atoms with Gasteiger partial charge in [0.1, 0.15) is 5.92 Å². The van der Waals surface area contributed by atoms with Gasteiger partial charge in [0, 0.05) is 31.9 Å². The fraction of sp³-hybridized carbons (Fsp3) is 0.304. The van der Waals surface area contributed by atoms with Crippen molar-refractivity contribution in [1.82, 2.24) is 15.0 Å². The van der Waals surface area contributed by atoms with Gasteiger partial charge in [-0.25, -0.2) is 9.97 Å². The summed E-state index contributed by atoms with van der Waals surface area (Å²) in [6.07, 6.45) is 5.32. The summed E-state index contributed by atoms with van der Waals surface area (Å²) in [5.74, 6) is 0.0678. The van der Waals surface area contributed by atoms with Gasteiger partial charge in [-0.1, -0.05) is 36.4 Å². The molecule has 0 saturated carbocycles. The van der Waals surface area contributed by atoms with Gasteiger partial charge >= 0.3 is 0 Å². The van der Waals surface area contributed by atoms with E-state index in [2.05, 4.69) is 38.1 Å². The molecule has 0 aliphatic carbocycles. The van der Waals surface area contributed by atoms with Crippen molar-refractivity contribution in [2.24, 2.45) is 0 Å². The summed E-state index contributed by atoms with van der Waals surface area (Å²) in [5, 5.41) is 20.6. The molecule has 29 heavy (non-hydrogen) atoms. The molecule has 1 aromatic carbocycles. The average Bonchev–Trinajstić information content (AvgIpc) is 2.76. The van der Waals surface area contributed by atoms with Crippen molar-refractivity contribution in [1.29, 1.82) is 5.26 Å². The number of rotatable bonds is 5. The Balaban J connectivity index is 1.47. The third-order valence-corrected chi connectivity index (χ3v) is 5.43. The number of hydrogen-bond acceptors (Lipinski definition) is 6. The quantitative estimate of drug-likeness (QED) is 0.726. The second kappa shape index (κ2) is 8.38. The highest BCUT2D eigenvalue weighted by Gasteiger charge is 2.33. The molecule has 0 spiro atoms. The Morgan fingerprint density at radius 2 is 1.72 bits per heavy atom. The molecular formula is C23H23N5O. The first kappa shape index (κ1) is 19.0. The summed E-state index contributed by atoms with van der Waals surface area (Å²) < 4.78 is 0. The van der Waals surface area contributed by atoms with Gasteiger partial charge in [0.05, 0.1) is 23.1 Å². The van der Waals surface area contributed by atoms with Crippen LogP contribution < -0.4 is 4.90 Å². The number of aliphatic hydroxyl groups is 1. The van der Waals surface area contributed by atoms with Gasteiger partial charge in [0.15, 0.2) is 0 Å². The first-order chi connectivity index (χ1) is 14.2. The van der Waals surface area contributed by atoms with Crippen molar-refractivity contribution in [3.8, 4) is 6.07 Å². The molecule has 146 valence electrons. The smallest absolute Gasteiger partial charge is 0.225 e. The van der Waals surface area contributed by atoms with Crippen LogP contribution in [0, 0.1) is 11.3 Å². The van der Waals surface area contributed by atoms with E-state index >= 15 is 0 Å². The van der Waals surface area contributed by atoms with Gasteiger partial charge in [-0.05, 0) is 36.6 Å². The lowest BCUT2D eigenvalue weighted by molar-refractivity contribution is 0.0163. The summed E-state index contributed by atoms with van der Waals surface area (Å²) in [6.45, 7) is 1.35. The van der Waals surface area contributed by atoms with Crippen molar-refractivity contribution in [2.45, 2.75) is 30.8 Å². The molecule has 1 aliphatic rings. The summed E-state index contributed by atoms with van der Waals surface area (Å²) in [7, 11) is 0. The van der Waals surface area contributed by atoms with Crippen LogP contribution in [0.1, 0.15) is 35.7 Å². The van der Waals surface area contributed by atoms with Crippen molar-refractivity contribution in [3.05, 3.63) is 83.9 Å². The molecule has 3 aromatic rings. The maximum atomic E-state index is 11.0. The van der Waals surface area contributed by atoms with E-state index in [0.717, 1.165) is 5.56 Å². The SMILES string of the molecule is N#CC(c1ccccn1)c1ccnc(N2CCC(O)(Cc3ccccc3)CC2)n1. The zero-order chi connectivity index (χ0) is 20.1. The van der Waals surface area contributed by atoms with Crippen LogP contribution in [-0.2, 0) is 6.42 Å². The number of pyridine rings is 1. The molecule has 2 aromatic heterocycles. The van der Waals surface area contributed by atoms with Gasteiger partial charge in [-0.2, -0.15) is 5.26 Å². The van der Waals surface area contributed by atoms with Crippen molar-refractivity contribution in [2.75, 3.05) is 18.0 Å². The second-order valence-corrected chi connectivity index (χ2v) is 7.47. The van der Waals surface area contributed by atoms with Crippen LogP contribution in [0.3, 0.4) is 0 Å². The summed E-state index contributed by atoms with van der Waals surface area (Å²) in [5.41, 5.74) is 1.75. The van der Waals surface area contributed by atoms with Gasteiger partial charge < -0.3 is 10.0 Å². The highest BCUT2D eigenvalue weighted by molar-refractivity contribution is 5.37. The number of anilines is 1. The number of piperidine rings is 1. The second-order valence-electron chi connectivity index (χ2n) is 7.47. The summed E-state index contributed by atoms with van der Waals surface area (Å²) in [4.78, 5) is 15.4. The standard InChI is InChI=1S/C23H23N5O/c24-17-19(20-8-4-5-12-25-20)21-9-13-26-22(27-21)28-14-10-23(29,11-15-28)16-18-6-2-1-3-7-18/h1-9,12-13,19,29H,10-11,14-16H2.